The van der Waals surface area contributed by atoms with Crippen molar-refractivity contribution in [3.8, 4) is 0 Å². The number of para-hydroxylation sites is 2. The summed E-state index contributed by atoms with van der Waals surface area (Å²) >= 11 is 0. The van der Waals surface area contributed by atoms with E-state index in [1.807, 2.05) is 48.5 Å². The lowest BCUT2D eigenvalue weighted by atomic mass is 10.0. The first-order chi connectivity index (χ1) is 17.6. The van der Waals surface area contributed by atoms with Crippen molar-refractivity contribution in [2.45, 2.75) is 38.5 Å². The van der Waals surface area contributed by atoms with Crippen LogP contribution < -0.4 is 10.6 Å². The Hall–Kier alpha value is -4.31. The molecule has 4 aromatic rings. The monoisotopic (exact) mass is 505 g/mol. The van der Waals surface area contributed by atoms with E-state index in [-0.39, 0.29) is 0 Å². The summed E-state index contributed by atoms with van der Waals surface area (Å²) < 4.78 is 5.43. The number of hydrogen-bond donors (Lipinski definition) is 4. The first-order valence-electron chi connectivity index (χ1n) is 11.8. The molecule has 194 valence electrons. The van der Waals surface area contributed by atoms with E-state index in [9.17, 15) is 14.4 Å². The number of alkyl carbamates (subject to hydrolysis) is 1. The van der Waals surface area contributed by atoms with Gasteiger partial charge in [0.25, 0.3) is 5.91 Å². The summed E-state index contributed by atoms with van der Waals surface area (Å²) in [5, 5.41) is 8.09. The molecule has 0 fully saturated rings. The summed E-state index contributed by atoms with van der Waals surface area (Å²) in [5.41, 5.74) is 1.93. The lowest BCUT2D eigenvalue weighted by molar-refractivity contribution is -0.172. The zero-order valence-electron chi connectivity index (χ0n) is 21.4. The standard InChI is InChI=1S/C27H31N5O5/c1-27(2,3)37-26(35)31-22(18-14-28-20-12-8-6-10-16(18)20)24(33)30-23(25(34)32(4)36-5)19-15-29-21-13-9-7-11-17(19)21/h6-15,22-23,28-29H,1-5H3,(H,30,33)(H,31,35). The molecule has 0 aliphatic heterocycles. The number of rotatable bonds is 7. The quantitative estimate of drug-likeness (QED) is 0.281. The van der Waals surface area contributed by atoms with Crippen LogP contribution in [0.1, 0.15) is 44.0 Å². The lowest BCUT2D eigenvalue weighted by Crippen LogP contribution is -2.47. The predicted molar refractivity (Wildman–Crippen MR) is 139 cm³/mol. The molecule has 10 nitrogen and oxygen atoms in total. The summed E-state index contributed by atoms with van der Waals surface area (Å²) in [6.07, 6.45) is 2.58. The van der Waals surface area contributed by atoms with Crippen molar-refractivity contribution in [1.29, 1.82) is 0 Å². The van der Waals surface area contributed by atoms with Crippen LogP contribution in [0.5, 0.6) is 0 Å². The van der Waals surface area contributed by atoms with Gasteiger partial charge in [0.05, 0.1) is 7.11 Å². The van der Waals surface area contributed by atoms with E-state index in [2.05, 4.69) is 20.6 Å². The highest BCUT2D eigenvalue weighted by Crippen LogP contribution is 2.29. The van der Waals surface area contributed by atoms with Crippen LogP contribution in [-0.4, -0.2) is 52.7 Å². The summed E-state index contributed by atoms with van der Waals surface area (Å²) in [7, 11) is 2.83. The fraction of sp³-hybridized carbons (Fsp3) is 0.296. The summed E-state index contributed by atoms with van der Waals surface area (Å²) in [5.74, 6) is -1.08. The number of H-pyrrole nitrogens is 2. The second-order valence-corrected chi connectivity index (χ2v) is 9.62. The van der Waals surface area contributed by atoms with E-state index in [0.717, 1.165) is 26.9 Å². The van der Waals surface area contributed by atoms with E-state index in [0.29, 0.717) is 11.1 Å². The third kappa shape index (κ3) is 5.59. The maximum absolute atomic E-state index is 13.8. The molecule has 2 atom stereocenters. The predicted octanol–water partition coefficient (Wildman–Crippen LogP) is 4.09. The molecule has 0 aliphatic carbocycles. The third-order valence-electron chi connectivity index (χ3n) is 5.91. The van der Waals surface area contributed by atoms with Gasteiger partial charge >= 0.3 is 6.09 Å². The van der Waals surface area contributed by atoms with Gasteiger partial charge in [0.1, 0.15) is 17.7 Å². The number of nitrogens with one attached hydrogen (secondary N) is 4. The Morgan fingerprint density at radius 3 is 1.86 bits per heavy atom. The fourth-order valence-corrected chi connectivity index (χ4v) is 4.15. The number of nitrogens with zero attached hydrogens (tertiary/aromatic N) is 1. The van der Waals surface area contributed by atoms with Gasteiger partial charge in [0, 0.05) is 52.4 Å². The second-order valence-electron chi connectivity index (χ2n) is 9.62. The van der Waals surface area contributed by atoms with Gasteiger partial charge in [-0.05, 0) is 32.9 Å². The topological polar surface area (TPSA) is 129 Å². The first-order valence-corrected chi connectivity index (χ1v) is 11.8. The molecule has 2 heterocycles. The Morgan fingerprint density at radius 2 is 1.35 bits per heavy atom. The maximum Gasteiger partial charge on any atom is 0.408 e. The molecule has 0 saturated carbocycles. The van der Waals surface area contributed by atoms with Crippen LogP contribution in [0.3, 0.4) is 0 Å². The summed E-state index contributed by atoms with van der Waals surface area (Å²) in [4.78, 5) is 51.3. The Labute approximate surface area is 214 Å². The largest absolute Gasteiger partial charge is 0.444 e. The molecular formula is C27H31N5O5. The van der Waals surface area contributed by atoms with Crippen molar-refractivity contribution in [3.63, 3.8) is 0 Å². The Kier molecular flexibility index (Phi) is 7.21. The Morgan fingerprint density at radius 1 is 0.838 bits per heavy atom. The van der Waals surface area contributed by atoms with Crippen LogP contribution in [0.4, 0.5) is 4.79 Å². The van der Waals surface area contributed by atoms with Crippen molar-refractivity contribution in [2.24, 2.45) is 0 Å². The van der Waals surface area contributed by atoms with Crippen LogP contribution >= 0.6 is 0 Å². The minimum Gasteiger partial charge on any atom is -0.444 e. The number of aromatic nitrogens is 2. The van der Waals surface area contributed by atoms with Crippen LogP contribution in [0.2, 0.25) is 0 Å². The number of hydroxylamine groups is 2. The first kappa shape index (κ1) is 25.8. The molecule has 2 unspecified atom stereocenters. The molecule has 2 aromatic carbocycles. The molecule has 0 radical (unpaired) electrons. The van der Waals surface area contributed by atoms with Crippen LogP contribution in [0, 0.1) is 0 Å². The van der Waals surface area contributed by atoms with Crippen molar-refractivity contribution in [1.82, 2.24) is 25.7 Å². The number of amides is 3. The smallest absolute Gasteiger partial charge is 0.408 e. The number of fused-ring (bicyclic) bond motifs is 2. The average Bonchev–Trinajstić information content (AvgIpc) is 3.48. The normalized spacial score (nSPS) is 13.2. The van der Waals surface area contributed by atoms with Gasteiger partial charge in [-0.3, -0.25) is 14.4 Å². The van der Waals surface area contributed by atoms with Gasteiger partial charge in [-0.1, -0.05) is 36.4 Å². The molecule has 0 spiro atoms. The average molecular weight is 506 g/mol. The van der Waals surface area contributed by atoms with Crippen LogP contribution in [0.15, 0.2) is 60.9 Å². The summed E-state index contributed by atoms with van der Waals surface area (Å²) in [6, 6.07) is 12.6. The fourth-order valence-electron chi connectivity index (χ4n) is 4.15. The molecule has 0 aliphatic rings. The molecule has 37 heavy (non-hydrogen) atoms. The molecule has 0 bridgehead atoms. The van der Waals surface area contributed by atoms with E-state index in [1.165, 1.54) is 14.2 Å². The number of ether oxygens (including phenoxy) is 1. The van der Waals surface area contributed by atoms with Crippen molar-refractivity contribution >= 4 is 39.7 Å². The van der Waals surface area contributed by atoms with E-state index >= 15 is 0 Å². The number of carbonyl (C=O) groups is 3. The van der Waals surface area contributed by atoms with Gasteiger partial charge in [-0.25, -0.2) is 9.86 Å². The van der Waals surface area contributed by atoms with Gasteiger partial charge in [-0.15, -0.1) is 0 Å². The third-order valence-corrected chi connectivity index (χ3v) is 5.91. The molecule has 3 amide bonds. The van der Waals surface area contributed by atoms with Gasteiger partial charge < -0.3 is 25.3 Å². The molecule has 4 N–H and O–H groups in total. The maximum atomic E-state index is 13.8. The Balaban J connectivity index is 1.73. The Bertz CT molecular complexity index is 1430. The van der Waals surface area contributed by atoms with Crippen molar-refractivity contribution < 1.29 is 24.0 Å². The highest BCUT2D eigenvalue weighted by molar-refractivity contribution is 5.98. The SMILES string of the molecule is CON(C)C(=O)C(NC(=O)C(NC(=O)OC(C)(C)C)c1c[nH]c2ccccc12)c1c[nH]c2ccccc12. The molecule has 2 aromatic heterocycles. The van der Waals surface area contributed by atoms with Crippen molar-refractivity contribution in [3.05, 3.63) is 72.1 Å². The highest BCUT2D eigenvalue weighted by Gasteiger charge is 2.34. The zero-order chi connectivity index (χ0) is 26.7. The van der Waals surface area contributed by atoms with E-state index in [4.69, 9.17) is 9.57 Å². The van der Waals surface area contributed by atoms with E-state index in [1.54, 1.807) is 33.2 Å². The van der Waals surface area contributed by atoms with Crippen LogP contribution in [0.25, 0.3) is 21.8 Å². The van der Waals surface area contributed by atoms with Crippen molar-refractivity contribution in [2.75, 3.05) is 14.2 Å². The number of benzene rings is 2. The van der Waals surface area contributed by atoms with Gasteiger partial charge in [-0.2, -0.15) is 0 Å². The molecule has 0 saturated heterocycles. The van der Waals surface area contributed by atoms with Gasteiger partial charge in [0.15, 0.2) is 0 Å². The zero-order valence-corrected chi connectivity index (χ0v) is 21.4. The second kappa shape index (κ2) is 10.4. The summed E-state index contributed by atoms with van der Waals surface area (Å²) in [6.45, 7) is 5.21. The number of likely N-dealkylation sites (N-methyl/N-ethyl adjacent to an activating group) is 1. The number of carbonyl (C=O) groups excluding carboxylic acids is 3. The molecule has 10 heteroatoms. The number of hydrogen-bond acceptors (Lipinski definition) is 5. The minimum absolute atomic E-state index is 0.490. The number of aromatic amines is 2. The van der Waals surface area contributed by atoms with Crippen LogP contribution in [-0.2, 0) is 19.2 Å². The molecule has 4 rings (SSSR count). The lowest BCUT2D eigenvalue weighted by Gasteiger charge is -2.26. The van der Waals surface area contributed by atoms with Gasteiger partial charge in [0.2, 0.25) is 5.91 Å². The van der Waals surface area contributed by atoms with E-state index < -0.39 is 35.6 Å². The minimum atomic E-state index is -1.15. The molecular weight excluding hydrogens is 474 g/mol. The highest BCUT2D eigenvalue weighted by atomic mass is 16.7.